The molecular formula is C25H31N5O3. The predicted molar refractivity (Wildman–Crippen MR) is 124 cm³/mol. The zero-order valence-corrected chi connectivity index (χ0v) is 19.5. The maximum absolute atomic E-state index is 13.2. The Balaban J connectivity index is 1.49. The van der Waals surface area contributed by atoms with Crippen LogP contribution >= 0.6 is 0 Å². The van der Waals surface area contributed by atoms with Crippen LogP contribution in [0.2, 0.25) is 0 Å². The summed E-state index contributed by atoms with van der Waals surface area (Å²) in [6.45, 7) is 5.21. The number of hydrogen-bond acceptors (Lipinski definition) is 6. The van der Waals surface area contributed by atoms with Gasteiger partial charge in [0.2, 0.25) is 5.91 Å². The number of aryl methyl sites for hydroxylation is 2. The fourth-order valence-corrected chi connectivity index (χ4v) is 4.12. The zero-order chi connectivity index (χ0) is 23.2. The normalized spacial score (nSPS) is 17.2. The summed E-state index contributed by atoms with van der Waals surface area (Å²) in [5, 5.41) is 4.45. The van der Waals surface area contributed by atoms with Gasteiger partial charge in [0.1, 0.15) is 5.75 Å². The van der Waals surface area contributed by atoms with Crippen LogP contribution in [-0.2, 0) is 36.3 Å². The van der Waals surface area contributed by atoms with Gasteiger partial charge in [-0.2, -0.15) is 5.10 Å². The number of hydrogen-bond donors (Lipinski definition) is 0. The van der Waals surface area contributed by atoms with E-state index in [9.17, 15) is 4.79 Å². The van der Waals surface area contributed by atoms with E-state index < -0.39 is 0 Å². The Morgan fingerprint density at radius 1 is 1.09 bits per heavy atom. The van der Waals surface area contributed by atoms with Crippen molar-refractivity contribution >= 4 is 5.91 Å². The van der Waals surface area contributed by atoms with Gasteiger partial charge in [0, 0.05) is 57.4 Å². The van der Waals surface area contributed by atoms with Crippen molar-refractivity contribution in [1.29, 1.82) is 0 Å². The molecule has 0 bridgehead atoms. The quantitative estimate of drug-likeness (QED) is 0.526. The number of aromatic nitrogens is 3. The highest BCUT2D eigenvalue weighted by Gasteiger charge is 2.29. The third-order valence-corrected chi connectivity index (χ3v) is 5.85. The highest BCUT2D eigenvalue weighted by Crippen LogP contribution is 2.18. The molecule has 3 aromatic rings. The number of ether oxygens (including phenoxy) is 2. The van der Waals surface area contributed by atoms with Crippen LogP contribution in [0.1, 0.15) is 22.4 Å². The summed E-state index contributed by atoms with van der Waals surface area (Å²) in [5.74, 6) is 0.900. The number of carbonyl (C=O) groups excluding carboxylic acids is 1. The Bertz CT molecular complexity index is 1050. The van der Waals surface area contributed by atoms with Crippen molar-refractivity contribution in [2.75, 3.05) is 26.7 Å². The van der Waals surface area contributed by atoms with Crippen molar-refractivity contribution < 1.29 is 14.3 Å². The van der Waals surface area contributed by atoms with E-state index in [4.69, 9.17) is 9.47 Å². The highest BCUT2D eigenvalue weighted by atomic mass is 16.5. The number of carbonyl (C=O) groups is 1. The van der Waals surface area contributed by atoms with Gasteiger partial charge in [-0.05, 0) is 36.2 Å². The molecule has 0 N–H and O–H groups in total. The minimum Gasteiger partial charge on any atom is -0.497 e. The summed E-state index contributed by atoms with van der Waals surface area (Å²) >= 11 is 0. The van der Waals surface area contributed by atoms with E-state index in [1.54, 1.807) is 13.3 Å². The molecule has 1 amide bonds. The molecule has 2 aromatic heterocycles. The number of pyridine rings is 1. The molecule has 4 rings (SSSR count). The van der Waals surface area contributed by atoms with E-state index in [1.807, 2.05) is 72.3 Å². The molecule has 174 valence electrons. The third-order valence-electron chi connectivity index (χ3n) is 5.85. The van der Waals surface area contributed by atoms with Crippen LogP contribution in [0, 0.1) is 6.92 Å². The maximum atomic E-state index is 13.2. The van der Waals surface area contributed by atoms with E-state index >= 15 is 0 Å². The van der Waals surface area contributed by atoms with E-state index in [2.05, 4.69) is 15.0 Å². The van der Waals surface area contributed by atoms with Crippen molar-refractivity contribution in [2.24, 2.45) is 7.05 Å². The van der Waals surface area contributed by atoms with Gasteiger partial charge in [-0.15, -0.1) is 0 Å². The van der Waals surface area contributed by atoms with Crippen molar-refractivity contribution in [2.45, 2.75) is 32.7 Å². The van der Waals surface area contributed by atoms with Crippen LogP contribution in [0.4, 0.5) is 0 Å². The largest absolute Gasteiger partial charge is 0.497 e. The molecule has 0 radical (unpaired) electrons. The first-order valence-corrected chi connectivity index (χ1v) is 11.1. The first-order valence-electron chi connectivity index (χ1n) is 11.1. The molecule has 0 spiro atoms. The smallest absolute Gasteiger partial charge is 0.237 e. The first kappa shape index (κ1) is 22.9. The van der Waals surface area contributed by atoms with Gasteiger partial charge in [0.25, 0.3) is 0 Å². The van der Waals surface area contributed by atoms with Crippen LogP contribution in [0.25, 0.3) is 0 Å². The van der Waals surface area contributed by atoms with Crippen molar-refractivity contribution in [1.82, 2.24) is 24.6 Å². The number of rotatable bonds is 8. The summed E-state index contributed by atoms with van der Waals surface area (Å²) in [5.41, 5.74) is 4.19. The average Bonchev–Trinajstić information content (AvgIpc) is 3.05. The zero-order valence-electron chi connectivity index (χ0n) is 19.5. The molecule has 1 unspecified atom stereocenters. The van der Waals surface area contributed by atoms with Gasteiger partial charge in [-0.25, -0.2) is 0 Å². The van der Waals surface area contributed by atoms with Gasteiger partial charge < -0.3 is 14.4 Å². The molecule has 1 fully saturated rings. The molecule has 3 heterocycles. The lowest BCUT2D eigenvalue weighted by Gasteiger charge is -2.25. The molecule has 1 aromatic carbocycles. The van der Waals surface area contributed by atoms with Crippen LogP contribution in [0.5, 0.6) is 5.75 Å². The molecule has 8 nitrogen and oxygen atoms in total. The fraction of sp³-hybridized carbons (Fsp3) is 0.400. The number of nitrogens with zero attached hydrogens (tertiary/aromatic N) is 5. The Labute approximate surface area is 194 Å². The predicted octanol–water partition coefficient (Wildman–Crippen LogP) is 2.56. The standard InChI is InChI=1S/C25H31N5O3/c1-19-22(13-28(2)27-19)14-29-15-24(33-18-21-5-4-10-26-11-21)16-30(25(31)17-29)12-20-6-8-23(32-3)9-7-20/h4-11,13,24H,12,14-18H2,1-3H3. The van der Waals surface area contributed by atoms with Crippen molar-refractivity contribution in [3.8, 4) is 5.75 Å². The molecule has 1 saturated heterocycles. The molecule has 33 heavy (non-hydrogen) atoms. The van der Waals surface area contributed by atoms with Crippen LogP contribution in [0.15, 0.2) is 55.0 Å². The van der Waals surface area contributed by atoms with E-state index in [0.29, 0.717) is 39.3 Å². The van der Waals surface area contributed by atoms with E-state index in [1.165, 1.54) is 0 Å². The Morgan fingerprint density at radius 3 is 2.58 bits per heavy atom. The monoisotopic (exact) mass is 449 g/mol. The topological polar surface area (TPSA) is 72.7 Å². The van der Waals surface area contributed by atoms with Crippen molar-refractivity contribution in [3.05, 3.63) is 77.4 Å². The molecule has 1 atom stereocenters. The summed E-state index contributed by atoms with van der Waals surface area (Å²) < 4.78 is 13.4. The van der Waals surface area contributed by atoms with E-state index in [0.717, 1.165) is 28.1 Å². The molecule has 1 aliphatic rings. The average molecular weight is 450 g/mol. The third kappa shape index (κ3) is 6.18. The Kier molecular flexibility index (Phi) is 7.36. The van der Waals surface area contributed by atoms with Gasteiger partial charge in [-0.3, -0.25) is 19.4 Å². The Hall–Kier alpha value is -3.23. The van der Waals surface area contributed by atoms with Crippen LogP contribution in [-0.4, -0.2) is 63.3 Å². The highest BCUT2D eigenvalue weighted by molar-refractivity contribution is 5.78. The second-order valence-electron chi connectivity index (χ2n) is 8.50. The number of amides is 1. The number of benzene rings is 1. The molecular weight excluding hydrogens is 418 g/mol. The van der Waals surface area contributed by atoms with Gasteiger partial charge in [0.15, 0.2) is 0 Å². The second-order valence-corrected chi connectivity index (χ2v) is 8.50. The summed E-state index contributed by atoms with van der Waals surface area (Å²) in [6, 6.07) is 11.7. The van der Waals surface area contributed by atoms with Gasteiger partial charge >= 0.3 is 0 Å². The fourth-order valence-electron chi connectivity index (χ4n) is 4.12. The minimum absolute atomic E-state index is 0.0971. The lowest BCUT2D eigenvalue weighted by atomic mass is 10.2. The minimum atomic E-state index is -0.119. The molecule has 0 saturated carbocycles. The summed E-state index contributed by atoms with van der Waals surface area (Å²) in [7, 11) is 3.57. The summed E-state index contributed by atoms with van der Waals surface area (Å²) in [4.78, 5) is 21.5. The lowest BCUT2D eigenvalue weighted by Crippen LogP contribution is -2.37. The van der Waals surface area contributed by atoms with E-state index in [-0.39, 0.29) is 12.0 Å². The second kappa shape index (κ2) is 10.6. The molecule has 1 aliphatic heterocycles. The number of methoxy groups -OCH3 is 1. The molecule has 8 heteroatoms. The van der Waals surface area contributed by atoms with Crippen LogP contribution in [0.3, 0.4) is 0 Å². The van der Waals surface area contributed by atoms with Crippen LogP contribution < -0.4 is 4.74 Å². The Morgan fingerprint density at radius 2 is 1.91 bits per heavy atom. The van der Waals surface area contributed by atoms with Crippen molar-refractivity contribution in [3.63, 3.8) is 0 Å². The van der Waals surface area contributed by atoms with Gasteiger partial charge in [-0.1, -0.05) is 18.2 Å². The SMILES string of the molecule is COc1ccc(CN2CC(OCc3cccnc3)CN(Cc3cn(C)nc3C)CC2=O)cc1. The maximum Gasteiger partial charge on any atom is 0.237 e. The van der Waals surface area contributed by atoms with Gasteiger partial charge in [0.05, 0.1) is 32.1 Å². The lowest BCUT2D eigenvalue weighted by molar-refractivity contribution is -0.132. The first-order chi connectivity index (χ1) is 16.0. The summed E-state index contributed by atoms with van der Waals surface area (Å²) in [6.07, 6.45) is 5.47. The molecule has 0 aliphatic carbocycles.